The van der Waals surface area contributed by atoms with Gasteiger partial charge in [-0.05, 0) is 36.6 Å². The predicted molar refractivity (Wildman–Crippen MR) is 107 cm³/mol. The quantitative estimate of drug-likeness (QED) is 0.643. The number of carbonyl (C=O) groups excluding carboxylic acids is 2. The predicted octanol–water partition coefficient (Wildman–Crippen LogP) is 4.42. The number of amides is 1. The minimum atomic E-state index is -0.996. The molecule has 0 aliphatic carbocycles. The molecule has 1 N–H and O–H groups in total. The summed E-state index contributed by atoms with van der Waals surface area (Å²) >= 11 is 2.56. The highest BCUT2D eigenvalue weighted by Gasteiger charge is 2.25. The van der Waals surface area contributed by atoms with Crippen molar-refractivity contribution in [3.8, 4) is 22.3 Å². The minimum absolute atomic E-state index is 0.376. The smallest absolute Gasteiger partial charge is 0.349 e. The van der Waals surface area contributed by atoms with Gasteiger partial charge in [-0.3, -0.25) is 4.79 Å². The molecule has 28 heavy (non-hydrogen) atoms. The van der Waals surface area contributed by atoms with Gasteiger partial charge in [0, 0.05) is 16.0 Å². The topological polar surface area (TPSA) is 88.4 Å². The number of esters is 1. The molecule has 0 unspecified atom stereocenters. The van der Waals surface area contributed by atoms with Gasteiger partial charge >= 0.3 is 5.97 Å². The second-order valence-corrected chi connectivity index (χ2v) is 8.03. The van der Waals surface area contributed by atoms with Crippen LogP contribution in [0.1, 0.15) is 27.7 Å². The first-order chi connectivity index (χ1) is 13.6. The highest BCUT2D eigenvalue weighted by Crippen LogP contribution is 2.42. The molecule has 3 aromatic rings. The molecule has 6 nitrogen and oxygen atoms in total. The Kier molecular flexibility index (Phi) is 4.86. The molecule has 0 radical (unpaired) electrons. The molecular weight excluding hydrogens is 396 g/mol. The normalized spacial score (nSPS) is 12.7. The lowest BCUT2D eigenvalue weighted by atomic mass is 10.1. The molecule has 140 valence electrons. The Morgan fingerprint density at radius 1 is 1.32 bits per heavy atom. The number of nitrogens with one attached hydrogen (secondary N) is 1. The summed E-state index contributed by atoms with van der Waals surface area (Å²) < 4.78 is 11.0. The first kappa shape index (κ1) is 18.2. The molecule has 0 fully saturated rings. The van der Waals surface area contributed by atoms with Gasteiger partial charge in [-0.25, -0.2) is 4.79 Å². The Morgan fingerprint density at radius 3 is 2.96 bits per heavy atom. The van der Waals surface area contributed by atoms with Crippen LogP contribution >= 0.6 is 22.7 Å². The van der Waals surface area contributed by atoms with E-state index in [2.05, 4.69) is 5.32 Å². The molecule has 0 saturated heterocycles. The number of carbonyl (C=O) groups is 2. The number of ether oxygens (including phenoxy) is 2. The van der Waals surface area contributed by atoms with Crippen LogP contribution in [-0.2, 0) is 16.1 Å². The van der Waals surface area contributed by atoms with Crippen molar-refractivity contribution in [2.75, 3.05) is 5.32 Å². The van der Waals surface area contributed by atoms with E-state index in [1.807, 2.05) is 30.3 Å². The van der Waals surface area contributed by atoms with E-state index in [1.54, 1.807) is 17.5 Å². The Balaban J connectivity index is 1.47. The van der Waals surface area contributed by atoms with Crippen molar-refractivity contribution < 1.29 is 19.1 Å². The van der Waals surface area contributed by atoms with Crippen molar-refractivity contribution in [2.24, 2.45) is 0 Å². The summed E-state index contributed by atoms with van der Waals surface area (Å²) in [6.45, 7) is 1.89. The molecule has 1 aliphatic heterocycles. The van der Waals surface area contributed by atoms with Gasteiger partial charge in [0.2, 0.25) is 0 Å². The zero-order valence-corrected chi connectivity index (χ0v) is 16.4. The van der Waals surface area contributed by atoms with Gasteiger partial charge < -0.3 is 14.8 Å². The molecule has 0 saturated carbocycles. The number of nitriles is 1. The van der Waals surface area contributed by atoms with Gasteiger partial charge in [0.25, 0.3) is 5.91 Å². The third kappa shape index (κ3) is 3.38. The fourth-order valence-electron chi connectivity index (χ4n) is 2.78. The lowest BCUT2D eigenvalue weighted by molar-refractivity contribution is -0.123. The van der Waals surface area contributed by atoms with E-state index in [4.69, 9.17) is 14.7 Å². The van der Waals surface area contributed by atoms with Gasteiger partial charge in [0.05, 0.1) is 5.56 Å². The van der Waals surface area contributed by atoms with Gasteiger partial charge in [-0.1, -0.05) is 12.1 Å². The number of fused-ring (bicyclic) bond motifs is 3. The van der Waals surface area contributed by atoms with E-state index >= 15 is 0 Å². The number of anilines is 1. The average molecular weight is 410 g/mol. The van der Waals surface area contributed by atoms with E-state index in [1.165, 1.54) is 29.6 Å². The summed E-state index contributed by atoms with van der Waals surface area (Å²) in [5.41, 5.74) is 2.24. The Bertz CT molecular complexity index is 1110. The summed E-state index contributed by atoms with van der Waals surface area (Å²) in [5, 5.41) is 13.8. The van der Waals surface area contributed by atoms with Gasteiger partial charge in [-0.15, -0.1) is 22.7 Å². The largest absolute Gasteiger partial charge is 0.488 e. The molecule has 0 bridgehead atoms. The van der Waals surface area contributed by atoms with Crippen LogP contribution in [0.2, 0.25) is 0 Å². The van der Waals surface area contributed by atoms with E-state index < -0.39 is 18.0 Å². The third-order valence-corrected chi connectivity index (χ3v) is 6.22. The number of thiophene rings is 2. The number of hydrogen-bond acceptors (Lipinski definition) is 7. The number of benzene rings is 1. The van der Waals surface area contributed by atoms with E-state index in [-0.39, 0.29) is 0 Å². The maximum absolute atomic E-state index is 12.5. The van der Waals surface area contributed by atoms with Crippen LogP contribution in [-0.4, -0.2) is 18.0 Å². The minimum Gasteiger partial charge on any atom is -0.488 e. The molecule has 8 heteroatoms. The fraction of sp³-hybridized carbons (Fsp3) is 0.150. The molecule has 1 aromatic carbocycles. The fourth-order valence-corrected chi connectivity index (χ4v) is 4.60. The first-order valence-corrected chi connectivity index (χ1v) is 10.1. The lowest BCUT2D eigenvalue weighted by Crippen LogP contribution is -2.29. The molecular formula is C20H14N2O4S2. The molecule has 2 aromatic heterocycles. The number of hydrogen-bond donors (Lipinski definition) is 1. The summed E-state index contributed by atoms with van der Waals surface area (Å²) in [6.07, 6.45) is -0.996. The van der Waals surface area contributed by atoms with Gasteiger partial charge in [-0.2, -0.15) is 5.26 Å². The average Bonchev–Trinajstić information content (AvgIpc) is 3.34. The summed E-state index contributed by atoms with van der Waals surface area (Å²) in [5.74, 6) is -0.262. The van der Waals surface area contributed by atoms with E-state index in [0.29, 0.717) is 22.0 Å². The van der Waals surface area contributed by atoms with Crippen molar-refractivity contribution >= 4 is 39.6 Å². The zero-order valence-electron chi connectivity index (χ0n) is 14.7. The highest BCUT2D eigenvalue weighted by molar-refractivity contribution is 7.17. The maximum Gasteiger partial charge on any atom is 0.349 e. The molecule has 1 aliphatic rings. The number of nitrogens with zero attached hydrogens (tertiary/aromatic N) is 1. The summed E-state index contributed by atoms with van der Waals surface area (Å²) in [4.78, 5) is 26.2. The van der Waals surface area contributed by atoms with Crippen molar-refractivity contribution in [1.82, 2.24) is 0 Å². The first-order valence-electron chi connectivity index (χ1n) is 8.41. The van der Waals surface area contributed by atoms with Crippen molar-refractivity contribution in [1.29, 1.82) is 5.26 Å². The summed E-state index contributed by atoms with van der Waals surface area (Å²) in [7, 11) is 0. The second-order valence-electron chi connectivity index (χ2n) is 6.06. The van der Waals surface area contributed by atoms with Crippen molar-refractivity contribution in [3.05, 3.63) is 57.8 Å². The van der Waals surface area contributed by atoms with Crippen LogP contribution < -0.4 is 10.1 Å². The molecule has 3 heterocycles. The van der Waals surface area contributed by atoms with Crippen LogP contribution in [0, 0.1) is 11.3 Å². The van der Waals surface area contributed by atoms with E-state index in [9.17, 15) is 9.59 Å². The van der Waals surface area contributed by atoms with Crippen LogP contribution in [0.15, 0.2) is 41.8 Å². The number of rotatable bonds is 4. The standard InChI is InChI=1S/C20H14N2O4S2/c1-11(18(23)22-19-12(9-21)6-7-27-19)26-20(24)16-8-13-10-25-15-5-3-2-4-14(15)17(13)28-16/h2-8,11H,10H2,1H3,(H,22,23)/t11-/m1/s1. The maximum atomic E-state index is 12.5. The second kappa shape index (κ2) is 7.46. The van der Waals surface area contributed by atoms with Crippen LogP contribution in [0.3, 0.4) is 0 Å². The SMILES string of the molecule is C[C@@H](OC(=O)c1cc2c(s1)-c1ccccc1OC2)C(=O)Nc1sccc1C#N. The molecule has 4 rings (SSSR count). The van der Waals surface area contributed by atoms with Gasteiger partial charge in [0.15, 0.2) is 6.10 Å². The Morgan fingerprint density at radius 2 is 2.14 bits per heavy atom. The molecule has 1 amide bonds. The molecule has 1 atom stereocenters. The number of para-hydroxylation sites is 1. The summed E-state index contributed by atoms with van der Waals surface area (Å²) in [6, 6.07) is 13.0. The zero-order chi connectivity index (χ0) is 19.7. The van der Waals surface area contributed by atoms with E-state index in [0.717, 1.165) is 21.8 Å². The molecule has 0 spiro atoms. The Labute approximate surface area is 169 Å². The van der Waals surface area contributed by atoms with Crippen molar-refractivity contribution in [2.45, 2.75) is 19.6 Å². The monoisotopic (exact) mass is 410 g/mol. The van der Waals surface area contributed by atoms with Crippen LogP contribution in [0.25, 0.3) is 10.4 Å². The highest BCUT2D eigenvalue weighted by atomic mass is 32.1. The van der Waals surface area contributed by atoms with Crippen LogP contribution in [0.5, 0.6) is 5.75 Å². The van der Waals surface area contributed by atoms with Crippen molar-refractivity contribution in [3.63, 3.8) is 0 Å². The van der Waals surface area contributed by atoms with Crippen LogP contribution in [0.4, 0.5) is 5.00 Å². The lowest BCUT2D eigenvalue weighted by Gasteiger charge is -2.16. The van der Waals surface area contributed by atoms with Gasteiger partial charge in [0.1, 0.15) is 28.3 Å². The third-order valence-electron chi connectivity index (χ3n) is 4.20. The Hall–Kier alpha value is -3.15.